The summed E-state index contributed by atoms with van der Waals surface area (Å²) in [6.07, 6.45) is 5.84. The molecule has 1 heterocycles. The number of hydrogen-bond acceptors (Lipinski definition) is 3. The molecule has 0 spiro atoms. The van der Waals surface area contributed by atoms with Gasteiger partial charge in [0, 0.05) is 18.1 Å². The van der Waals surface area contributed by atoms with Gasteiger partial charge in [0.15, 0.2) is 0 Å². The van der Waals surface area contributed by atoms with Gasteiger partial charge in [-0.25, -0.2) is 0 Å². The highest BCUT2D eigenvalue weighted by atomic mass is 14.9. The summed E-state index contributed by atoms with van der Waals surface area (Å²) in [5.74, 6) is 0. The van der Waals surface area contributed by atoms with E-state index in [2.05, 4.69) is 5.32 Å². The van der Waals surface area contributed by atoms with Gasteiger partial charge in [-0.05, 0) is 45.6 Å². The second kappa shape index (κ2) is 5.58. The van der Waals surface area contributed by atoms with Crippen LogP contribution in [0.25, 0.3) is 0 Å². The van der Waals surface area contributed by atoms with Crippen LogP contribution in [0.2, 0.25) is 0 Å². The fraction of sp³-hybridized carbons (Fsp3) is 1.00. The fourth-order valence-corrected chi connectivity index (χ4v) is 1.92. The maximum Gasteiger partial charge on any atom is 0.00822 e. The van der Waals surface area contributed by atoms with Crippen LogP contribution in [0.3, 0.4) is 0 Å². The molecule has 2 unspecified atom stereocenters. The fourth-order valence-electron chi connectivity index (χ4n) is 1.92. The van der Waals surface area contributed by atoms with Gasteiger partial charge in [-0.2, -0.15) is 0 Å². The highest BCUT2D eigenvalue weighted by Gasteiger charge is 2.17. The summed E-state index contributed by atoms with van der Waals surface area (Å²) in [5, 5.41) is 3.46. The molecule has 0 saturated carbocycles. The summed E-state index contributed by atoms with van der Waals surface area (Å²) in [7, 11) is 0. The largest absolute Gasteiger partial charge is 0.328 e. The van der Waals surface area contributed by atoms with Crippen LogP contribution in [0.5, 0.6) is 0 Å². The minimum atomic E-state index is 0.294. The molecular weight excluding hydrogens is 162 g/mol. The van der Waals surface area contributed by atoms with E-state index in [4.69, 9.17) is 11.5 Å². The van der Waals surface area contributed by atoms with E-state index in [9.17, 15) is 0 Å². The van der Waals surface area contributed by atoms with Crippen LogP contribution in [0.4, 0.5) is 0 Å². The third kappa shape index (κ3) is 4.60. The Balaban J connectivity index is 2.05. The highest BCUT2D eigenvalue weighted by Crippen LogP contribution is 2.12. The number of nitrogens with one attached hydrogen (secondary N) is 1. The van der Waals surface area contributed by atoms with Gasteiger partial charge in [0.25, 0.3) is 0 Å². The Bertz CT molecular complexity index is 130. The molecular formula is C10H23N3. The van der Waals surface area contributed by atoms with Gasteiger partial charge in [-0.1, -0.05) is 0 Å². The summed E-state index contributed by atoms with van der Waals surface area (Å²) in [6.45, 7) is 3.21. The van der Waals surface area contributed by atoms with Gasteiger partial charge in [0.2, 0.25) is 0 Å². The van der Waals surface area contributed by atoms with Crippen molar-refractivity contribution in [1.82, 2.24) is 5.32 Å². The Morgan fingerprint density at radius 2 is 2.15 bits per heavy atom. The maximum atomic E-state index is 6.01. The molecule has 3 atom stereocenters. The molecule has 0 bridgehead atoms. The molecule has 0 aliphatic carbocycles. The van der Waals surface area contributed by atoms with Crippen molar-refractivity contribution >= 4 is 0 Å². The van der Waals surface area contributed by atoms with Crippen LogP contribution in [0.15, 0.2) is 0 Å². The van der Waals surface area contributed by atoms with E-state index in [-0.39, 0.29) is 0 Å². The molecule has 1 saturated heterocycles. The zero-order valence-corrected chi connectivity index (χ0v) is 8.63. The van der Waals surface area contributed by atoms with E-state index in [0.717, 1.165) is 19.3 Å². The van der Waals surface area contributed by atoms with Crippen molar-refractivity contribution in [2.24, 2.45) is 11.5 Å². The van der Waals surface area contributed by atoms with Crippen molar-refractivity contribution in [2.75, 3.05) is 6.54 Å². The first-order chi connectivity index (χ1) is 6.18. The Kier molecular flexibility index (Phi) is 4.70. The summed E-state index contributed by atoms with van der Waals surface area (Å²) in [6, 6.07) is 1.30. The second-order valence-corrected chi connectivity index (χ2v) is 4.34. The lowest BCUT2D eigenvalue weighted by Crippen LogP contribution is -2.32. The van der Waals surface area contributed by atoms with Crippen molar-refractivity contribution in [2.45, 2.75) is 57.2 Å². The van der Waals surface area contributed by atoms with E-state index in [1.165, 1.54) is 19.4 Å². The van der Waals surface area contributed by atoms with Gasteiger partial charge in [-0.3, -0.25) is 0 Å². The first-order valence-corrected chi connectivity index (χ1v) is 5.43. The quantitative estimate of drug-likeness (QED) is 0.587. The molecule has 0 radical (unpaired) electrons. The van der Waals surface area contributed by atoms with Crippen LogP contribution in [0, 0.1) is 0 Å². The minimum absolute atomic E-state index is 0.294. The molecule has 5 N–H and O–H groups in total. The molecule has 1 rings (SSSR count). The maximum absolute atomic E-state index is 6.01. The molecule has 13 heavy (non-hydrogen) atoms. The Morgan fingerprint density at radius 3 is 2.69 bits per heavy atom. The first-order valence-electron chi connectivity index (χ1n) is 5.43. The average Bonchev–Trinajstić information content (AvgIpc) is 2.53. The van der Waals surface area contributed by atoms with E-state index in [0.29, 0.717) is 18.1 Å². The van der Waals surface area contributed by atoms with Crippen molar-refractivity contribution in [1.29, 1.82) is 0 Å². The second-order valence-electron chi connectivity index (χ2n) is 4.34. The van der Waals surface area contributed by atoms with E-state index < -0.39 is 0 Å². The van der Waals surface area contributed by atoms with Gasteiger partial charge in [-0.15, -0.1) is 0 Å². The topological polar surface area (TPSA) is 64.1 Å². The summed E-state index contributed by atoms with van der Waals surface area (Å²) in [4.78, 5) is 0. The highest BCUT2D eigenvalue weighted by molar-refractivity contribution is 4.79. The van der Waals surface area contributed by atoms with Crippen molar-refractivity contribution in [3.63, 3.8) is 0 Å². The standard InChI is InChI=1S/C10H23N3/c1-8(11)4-5-9(12)7-10-3-2-6-13-10/h8-10,13H,2-7,11-12H2,1H3/t8?,9?,10-/m0/s1. The lowest BCUT2D eigenvalue weighted by atomic mass is 10.0. The molecule has 1 aliphatic heterocycles. The predicted molar refractivity (Wildman–Crippen MR) is 56.5 cm³/mol. The van der Waals surface area contributed by atoms with Gasteiger partial charge in [0.1, 0.15) is 0 Å². The molecule has 78 valence electrons. The van der Waals surface area contributed by atoms with E-state index >= 15 is 0 Å². The van der Waals surface area contributed by atoms with Crippen LogP contribution in [-0.2, 0) is 0 Å². The van der Waals surface area contributed by atoms with Gasteiger partial charge < -0.3 is 16.8 Å². The third-order valence-electron chi connectivity index (χ3n) is 2.74. The SMILES string of the molecule is CC(N)CCC(N)C[C@@H]1CCCN1. The van der Waals surface area contributed by atoms with Crippen molar-refractivity contribution in [3.8, 4) is 0 Å². The summed E-state index contributed by atoms with van der Waals surface area (Å²) < 4.78 is 0. The van der Waals surface area contributed by atoms with Crippen molar-refractivity contribution in [3.05, 3.63) is 0 Å². The molecule has 0 amide bonds. The average molecular weight is 185 g/mol. The Hall–Kier alpha value is -0.120. The summed E-state index contributed by atoms with van der Waals surface area (Å²) in [5.41, 5.74) is 11.7. The molecule has 3 heteroatoms. The molecule has 0 aromatic carbocycles. The smallest absolute Gasteiger partial charge is 0.00822 e. The summed E-state index contributed by atoms with van der Waals surface area (Å²) >= 11 is 0. The number of nitrogens with two attached hydrogens (primary N) is 2. The van der Waals surface area contributed by atoms with Crippen LogP contribution in [0.1, 0.15) is 39.0 Å². The predicted octanol–water partition coefficient (Wildman–Crippen LogP) is 0.583. The molecule has 0 aromatic heterocycles. The molecule has 1 fully saturated rings. The molecule has 3 nitrogen and oxygen atoms in total. The Labute approximate surface area is 81.2 Å². The zero-order chi connectivity index (χ0) is 9.68. The molecule has 1 aliphatic rings. The molecule has 0 aromatic rings. The first kappa shape index (κ1) is 11.0. The Morgan fingerprint density at radius 1 is 1.38 bits per heavy atom. The van der Waals surface area contributed by atoms with Gasteiger partial charge >= 0.3 is 0 Å². The van der Waals surface area contributed by atoms with Crippen molar-refractivity contribution < 1.29 is 0 Å². The number of hydrogen-bond donors (Lipinski definition) is 3. The normalized spacial score (nSPS) is 27.5. The lowest BCUT2D eigenvalue weighted by molar-refractivity contribution is 0.447. The van der Waals surface area contributed by atoms with Gasteiger partial charge in [0.05, 0.1) is 0 Å². The van der Waals surface area contributed by atoms with E-state index in [1.54, 1.807) is 0 Å². The monoisotopic (exact) mass is 185 g/mol. The van der Waals surface area contributed by atoms with Crippen LogP contribution < -0.4 is 16.8 Å². The number of rotatable bonds is 5. The lowest BCUT2D eigenvalue weighted by Gasteiger charge is -2.17. The van der Waals surface area contributed by atoms with Crippen LogP contribution >= 0.6 is 0 Å². The minimum Gasteiger partial charge on any atom is -0.328 e. The van der Waals surface area contributed by atoms with E-state index in [1.807, 2.05) is 6.92 Å². The zero-order valence-electron chi connectivity index (χ0n) is 8.63. The third-order valence-corrected chi connectivity index (χ3v) is 2.74. The van der Waals surface area contributed by atoms with Crippen LogP contribution in [-0.4, -0.2) is 24.7 Å².